The van der Waals surface area contributed by atoms with E-state index in [1.54, 1.807) is 0 Å². The van der Waals surface area contributed by atoms with Gasteiger partial charge in [0.15, 0.2) is 0 Å². The molecule has 6 heteroatoms. The van der Waals surface area contributed by atoms with E-state index in [1.807, 2.05) is 0 Å². The van der Waals surface area contributed by atoms with Gasteiger partial charge in [-0.3, -0.25) is 4.18 Å². The van der Waals surface area contributed by atoms with Crippen molar-refractivity contribution in [2.45, 2.75) is 109 Å². The molecule has 0 unspecified atom stereocenters. The number of benzene rings is 1. The van der Waals surface area contributed by atoms with Crippen molar-refractivity contribution in [1.82, 2.24) is 0 Å². The molecule has 0 aliphatic rings. The Morgan fingerprint density at radius 2 is 0.967 bits per heavy atom. The number of unbranched alkanes of at least 4 members (excludes halogenated alkanes) is 15. The summed E-state index contributed by atoms with van der Waals surface area (Å²) in [6.45, 7) is 0.0273. The minimum atomic E-state index is -4.51. The Labute approximate surface area is 207 Å². The van der Waals surface area contributed by atoms with E-state index in [-0.39, 0.29) is 36.2 Å². The summed E-state index contributed by atoms with van der Waals surface area (Å²) in [5.74, 6) is 0. The SMILES string of the molecule is O=S(=O)([O-])OCCCCCCCCCCCCCCCCCCc1ccccc1.[Na+]. The van der Waals surface area contributed by atoms with Crippen LogP contribution >= 0.6 is 0 Å². The van der Waals surface area contributed by atoms with Crippen LogP contribution in [0.3, 0.4) is 0 Å². The molecule has 0 N–H and O–H groups in total. The van der Waals surface area contributed by atoms with Gasteiger partial charge >= 0.3 is 29.6 Å². The zero-order valence-electron chi connectivity index (χ0n) is 19.2. The van der Waals surface area contributed by atoms with E-state index in [1.165, 1.54) is 95.5 Å². The third-order valence-electron chi connectivity index (χ3n) is 5.43. The summed E-state index contributed by atoms with van der Waals surface area (Å²) in [6.07, 6.45) is 21.3. The second-order valence-electron chi connectivity index (χ2n) is 8.12. The smallest absolute Gasteiger partial charge is 0.726 e. The number of aryl methyl sites for hydroxylation is 1. The molecule has 0 saturated carbocycles. The van der Waals surface area contributed by atoms with Crippen molar-refractivity contribution >= 4 is 10.4 Å². The second kappa shape index (κ2) is 21.0. The molecular formula is C24H41NaO4S. The van der Waals surface area contributed by atoms with Crippen LogP contribution in [0.25, 0.3) is 0 Å². The second-order valence-corrected chi connectivity index (χ2v) is 9.17. The molecule has 0 aromatic heterocycles. The standard InChI is InChI=1S/C24H42O4S.Na/c25-29(26,27)28-23-19-14-12-10-8-6-4-2-1-3-5-7-9-11-13-16-20-24-21-17-15-18-22-24;/h15,17-18,21-22H,1-14,16,19-20,23H2,(H,25,26,27);/q;+1/p-1. The van der Waals surface area contributed by atoms with Crippen LogP contribution in [0.5, 0.6) is 0 Å². The third kappa shape index (κ3) is 21.3. The molecule has 1 rings (SSSR count). The maximum atomic E-state index is 10.3. The van der Waals surface area contributed by atoms with Gasteiger partial charge in [0.05, 0.1) is 6.61 Å². The summed E-state index contributed by atoms with van der Waals surface area (Å²) in [7, 11) is -4.51. The van der Waals surface area contributed by atoms with E-state index >= 15 is 0 Å². The average Bonchev–Trinajstić information content (AvgIpc) is 2.69. The first-order valence-electron chi connectivity index (χ1n) is 11.7. The van der Waals surface area contributed by atoms with Gasteiger partial charge in [0.25, 0.3) is 0 Å². The van der Waals surface area contributed by atoms with E-state index in [2.05, 4.69) is 34.5 Å². The number of rotatable bonds is 20. The fourth-order valence-corrected chi connectivity index (χ4v) is 4.03. The van der Waals surface area contributed by atoms with Crippen LogP contribution in [0.2, 0.25) is 0 Å². The molecule has 1 aromatic carbocycles. The molecule has 0 aliphatic carbocycles. The van der Waals surface area contributed by atoms with Gasteiger partial charge in [0.2, 0.25) is 10.4 Å². The fraction of sp³-hybridized carbons (Fsp3) is 0.750. The normalized spacial score (nSPS) is 11.4. The third-order valence-corrected chi connectivity index (χ3v) is 5.89. The quantitative estimate of drug-likeness (QED) is 0.131. The Bertz CT molecular complexity index is 578. The Hall–Kier alpha value is 0.0900. The van der Waals surface area contributed by atoms with Crippen LogP contribution in [0.4, 0.5) is 0 Å². The molecule has 1 aromatic rings. The first kappa shape index (κ1) is 30.1. The van der Waals surface area contributed by atoms with Gasteiger partial charge in [0.1, 0.15) is 0 Å². The van der Waals surface area contributed by atoms with Crippen LogP contribution in [0.15, 0.2) is 30.3 Å². The van der Waals surface area contributed by atoms with E-state index in [9.17, 15) is 13.0 Å². The molecule has 0 amide bonds. The molecule has 0 radical (unpaired) electrons. The van der Waals surface area contributed by atoms with Crippen LogP contribution in [0.1, 0.15) is 108 Å². The molecule has 0 fully saturated rings. The summed E-state index contributed by atoms with van der Waals surface area (Å²) in [6, 6.07) is 10.8. The van der Waals surface area contributed by atoms with Crippen molar-refractivity contribution in [3.8, 4) is 0 Å². The molecule has 4 nitrogen and oxygen atoms in total. The topological polar surface area (TPSA) is 66.4 Å². The number of hydrogen-bond donors (Lipinski definition) is 0. The van der Waals surface area contributed by atoms with Crippen molar-refractivity contribution in [2.24, 2.45) is 0 Å². The van der Waals surface area contributed by atoms with Crippen molar-refractivity contribution in [1.29, 1.82) is 0 Å². The van der Waals surface area contributed by atoms with E-state index in [4.69, 9.17) is 0 Å². The van der Waals surface area contributed by atoms with Gasteiger partial charge < -0.3 is 4.55 Å². The van der Waals surface area contributed by atoms with Gasteiger partial charge in [-0.05, 0) is 24.8 Å². The van der Waals surface area contributed by atoms with Crippen LogP contribution in [0, 0.1) is 0 Å². The van der Waals surface area contributed by atoms with E-state index < -0.39 is 10.4 Å². The number of hydrogen-bond acceptors (Lipinski definition) is 4. The monoisotopic (exact) mass is 448 g/mol. The van der Waals surface area contributed by atoms with Gasteiger partial charge in [-0.15, -0.1) is 0 Å². The minimum absolute atomic E-state index is 0. The van der Waals surface area contributed by atoms with Gasteiger partial charge in [-0.25, -0.2) is 8.42 Å². The predicted molar refractivity (Wildman–Crippen MR) is 120 cm³/mol. The zero-order chi connectivity index (χ0) is 21.0. The maximum Gasteiger partial charge on any atom is 1.00 e. The van der Waals surface area contributed by atoms with Crippen LogP contribution in [-0.2, 0) is 21.0 Å². The zero-order valence-corrected chi connectivity index (χ0v) is 22.0. The van der Waals surface area contributed by atoms with Crippen molar-refractivity contribution in [2.75, 3.05) is 6.61 Å². The van der Waals surface area contributed by atoms with Crippen LogP contribution < -0.4 is 29.6 Å². The summed E-state index contributed by atoms with van der Waals surface area (Å²) in [4.78, 5) is 0. The molecule has 0 heterocycles. The largest absolute Gasteiger partial charge is 1.00 e. The predicted octanol–water partition coefficient (Wildman–Crippen LogP) is 3.95. The average molecular weight is 449 g/mol. The van der Waals surface area contributed by atoms with Gasteiger partial charge in [-0.2, -0.15) is 0 Å². The molecule has 0 aliphatic heterocycles. The molecule has 0 bridgehead atoms. The summed E-state index contributed by atoms with van der Waals surface area (Å²) in [5, 5.41) is 0. The molecule has 30 heavy (non-hydrogen) atoms. The van der Waals surface area contributed by atoms with Gasteiger partial charge in [-0.1, -0.05) is 120 Å². The van der Waals surface area contributed by atoms with E-state index in [0.717, 1.165) is 12.8 Å². The first-order chi connectivity index (χ1) is 14.1. The van der Waals surface area contributed by atoms with Crippen molar-refractivity contribution in [3.63, 3.8) is 0 Å². The Morgan fingerprint density at radius 3 is 1.37 bits per heavy atom. The Balaban J connectivity index is 0.00000841. The van der Waals surface area contributed by atoms with Crippen LogP contribution in [-0.4, -0.2) is 19.6 Å². The maximum absolute atomic E-state index is 10.3. The van der Waals surface area contributed by atoms with E-state index in [0.29, 0.717) is 6.42 Å². The summed E-state index contributed by atoms with van der Waals surface area (Å²) >= 11 is 0. The fourth-order valence-electron chi connectivity index (χ4n) is 3.71. The molecular weight excluding hydrogens is 407 g/mol. The molecule has 168 valence electrons. The first-order valence-corrected chi connectivity index (χ1v) is 13.1. The van der Waals surface area contributed by atoms with Crippen molar-refractivity contribution < 1.29 is 46.7 Å². The molecule has 0 atom stereocenters. The van der Waals surface area contributed by atoms with Crippen molar-refractivity contribution in [3.05, 3.63) is 35.9 Å². The van der Waals surface area contributed by atoms with Gasteiger partial charge in [0, 0.05) is 0 Å². The Kier molecular flexibility index (Phi) is 21.0. The minimum Gasteiger partial charge on any atom is -0.726 e. The summed E-state index contributed by atoms with van der Waals surface area (Å²) < 4.78 is 35.0. The summed E-state index contributed by atoms with van der Waals surface area (Å²) in [5.41, 5.74) is 1.47. The Morgan fingerprint density at radius 1 is 0.600 bits per heavy atom. The molecule has 0 spiro atoms. The molecule has 0 saturated heterocycles.